The summed E-state index contributed by atoms with van der Waals surface area (Å²) in [5.41, 5.74) is 0. The van der Waals surface area contributed by atoms with Gasteiger partial charge in [0.15, 0.2) is 0 Å². The van der Waals surface area contributed by atoms with Gasteiger partial charge in [-0.1, -0.05) is 0 Å². The van der Waals surface area contributed by atoms with Gasteiger partial charge >= 0.3 is 120 Å². The van der Waals surface area contributed by atoms with Crippen LogP contribution in [0.2, 0.25) is 18.2 Å². The third-order valence-electron chi connectivity index (χ3n) is 3.99. The second kappa shape index (κ2) is 4.51. The third-order valence-corrected chi connectivity index (χ3v) is 13.8. The molecule has 0 aromatic rings. The summed E-state index contributed by atoms with van der Waals surface area (Å²) in [6.07, 6.45) is 2.14. The Labute approximate surface area is 119 Å². The van der Waals surface area contributed by atoms with Crippen molar-refractivity contribution in [3.05, 3.63) is 10.6 Å². The molecule has 0 N–H and O–H groups in total. The summed E-state index contributed by atoms with van der Waals surface area (Å²) in [5.74, 6) is -0.911. The molecular formula is C12H17BrO4Sn. The van der Waals surface area contributed by atoms with E-state index in [1.807, 2.05) is 6.08 Å². The van der Waals surface area contributed by atoms with Crippen molar-refractivity contribution in [2.24, 2.45) is 5.92 Å². The maximum absolute atomic E-state index is 12.4. The molecule has 0 amide bonds. The number of methoxy groups -OCH3 is 1. The van der Waals surface area contributed by atoms with Crippen molar-refractivity contribution in [3.63, 3.8) is 0 Å². The number of carbonyl (C=O) groups excluding carboxylic acids is 2. The second-order valence-electron chi connectivity index (χ2n) is 5.85. The van der Waals surface area contributed by atoms with Crippen LogP contribution < -0.4 is 0 Å². The van der Waals surface area contributed by atoms with Crippen molar-refractivity contribution in [1.82, 2.24) is 0 Å². The molecule has 18 heavy (non-hydrogen) atoms. The first kappa shape index (κ1) is 14.4. The summed E-state index contributed by atoms with van der Waals surface area (Å²) >= 11 is 0.661. The zero-order valence-electron chi connectivity index (χ0n) is 11.0. The Balaban J connectivity index is 2.60. The first-order valence-corrected chi connectivity index (χ1v) is 16.7. The summed E-state index contributed by atoms with van der Waals surface area (Å²) in [7, 11) is 1.38. The van der Waals surface area contributed by atoms with E-state index < -0.39 is 21.8 Å². The number of hydrogen-bond acceptors (Lipinski definition) is 4. The number of ether oxygens (including phenoxy) is 2. The van der Waals surface area contributed by atoms with Gasteiger partial charge in [-0.25, -0.2) is 0 Å². The Kier molecular flexibility index (Phi) is 3.60. The fourth-order valence-corrected chi connectivity index (χ4v) is 11.4. The third kappa shape index (κ3) is 1.85. The van der Waals surface area contributed by atoms with E-state index in [2.05, 4.69) is 30.7 Å². The van der Waals surface area contributed by atoms with Crippen molar-refractivity contribution < 1.29 is 19.1 Å². The van der Waals surface area contributed by atoms with Gasteiger partial charge in [-0.05, 0) is 0 Å². The zero-order chi connectivity index (χ0) is 13.7. The molecule has 0 aromatic heterocycles. The van der Waals surface area contributed by atoms with E-state index in [1.165, 1.54) is 7.11 Å². The van der Waals surface area contributed by atoms with Crippen LogP contribution in [-0.4, -0.2) is 43.5 Å². The van der Waals surface area contributed by atoms with Gasteiger partial charge in [-0.2, -0.15) is 0 Å². The molecule has 4 nitrogen and oxygen atoms in total. The molecule has 0 unspecified atom stereocenters. The Morgan fingerprint density at radius 3 is 2.67 bits per heavy atom. The Hall–Kier alpha value is -0.0413. The van der Waals surface area contributed by atoms with Crippen LogP contribution in [0, 0.1) is 5.92 Å². The van der Waals surface area contributed by atoms with Gasteiger partial charge in [0.2, 0.25) is 0 Å². The fraction of sp³-hybridized carbons (Fsp3) is 0.667. The van der Waals surface area contributed by atoms with E-state index in [1.54, 1.807) is 0 Å². The normalized spacial score (nSPS) is 34.9. The molecule has 6 heteroatoms. The van der Waals surface area contributed by atoms with Crippen molar-refractivity contribution in [3.8, 4) is 0 Å². The van der Waals surface area contributed by atoms with Crippen LogP contribution in [-0.2, 0) is 19.1 Å². The van der Waals surface area contributed by atoms with Crippen molar-refractivity contribution >= 4 is 46.2 Å². The monoisotopic (exact) mass is 424 g/mol. The molecule has 3 aliphatic rings. The molecule has 0 radical (unpaired) electrons. The van der Waals surface area contributed by atoms with Gasteiger partial charge in [0.25, 0.3) is 0 Å². The molecule has 1 aliphatic carbocycles. The average molecular weight is 424 g/mol. The first-order chi connectivity index (χ1) is 8.24. The topological polar surface area (TPSA) is 52.6 Å². The summed E-state index contributed by atoms with van der Waals surface area (Å²) in [4.78, 5) is 30.8. The van der Waals surface area contributed by atoms with Gasteiger partial charge in [0, 0.05) is 0 Å². The van der Waals surface area contributed by atoms with Crippen LogP contribution in [0.25, 0.3) is 0 Å². The minimum absolute atomic E-state index is 0.236. The van der Waals surface area contributed by atoms with E-state index >= 15 is 0 Å². The Morgan fingerprint density at radius 1 is 1.56 bits per heavy atom. The summed E-state index contributed by atoms with van der Waals surface area (Å²) in [5, 5.41) is 0. The summed E-state index contributed by atoms with van der Waals surface area (Å²) in [6.45, 7) is 0. The number of halogens is 1. The van der Waals surface area contributed by atoms with Crippen LogP contribution in [0.4, 0.5) is 0 Å². The quantitative estimate of drug-likeness (QED) is 0.506. The minimum atomic E-state index is -2.80. The predicted octanol–water partition coefficient (Wildman–Crippen LogP) is 2.46. The molecular weight excluding hydrogens is 407 g/mol. The number of esters is 2. The molecule has 2 bridgehead atoms. The van der Waals surface area contributed by atoms with Gasteiger partial charge < -0.3 is 0 Å². The van der Waals surface area contributed by atoms with Gasteiger partial charge in [0.05, 0.1) is 0 Å². The van der Waals surface area contributed by atoms with E-state index in [-0.39, 0.29) is 24.0 Å². The van der Waals surface area contributed by atoms with Crippen molar-refractivity contribution in [2.45, 2.75) is 30.8 Å². The van der Waals surface area contributed by atoms with Crippen LogP contribution in [0.1, 0.15) is 6.42 Å². The Bertz CT molecular complexity index is 440. The van der Waals surface area contributed by atoms with Crippen LogP contribution in [0.3, 0.4) is 0 Å². The molecule has 0 saturated carbocycles. The molecule has 2 aliphatic heterocycles. The average Bonchev–Trinajstić information content (AvgIpc) is 2.27. The molecule has 100 valence electrons. The molecule has 2 heterocycles. The van der Waals surface area contributed by atoms with Crippen LogP contribution in [0.5, 0.6) is 0 Å². The number of hydrogen-bond donors (Lipinski definition) is 0. The summed E-state index contributed by atoms with van der Waals surface area (Å²) in [6, 6.07) is 0. The van der Waals surface area contributed by atoms with E-state index in [0.717, 1.165) is 4.48 Å². The maximum atomic E-state index is 12.4. The molecule has 3 atom stereocenters. The van der Waals surface area contributed by atoms with E-state index in [0.29, 0.717) is 6.42 Å². The van der Waals surface area contributed by atoms with Crippen LogP contribution in [0.15, 0.2) is 10.6 Å². The standard InChI is InChI=1S/C9H8BrO4.3CH3.Sn/c1-13-8(11)5-3-7-6(10)2-4(5)9(12)14-7;;;;/h2,5,7H,3H2,1H3;3*1H3;/t5-,7+;;;;/m1..../s1. The summed E-state index contributed by atoms with van der Waals surface area (Å²) < 4.78 is 10.5. The zero-order valence-corrected chi connectivity index (χ0v) is 15.4. The first-order valence-electron chi connectivity index (χ1n) is 5.91. The van der Waals surface area contributed by atoms with Gasteiger partial charge in [-0.3, -0.25) is 0 Å². The Morgan fingerprint density at radius 2 is 2.17 bits per heavy atom. The van der Waals surface area contributed by atoms with Gasteiger partial charge in [0.1, 0.15) is 0 Å². The molecule has 1 fully saturated rings. The predicted molar refractivity (Wildman–Crippen MR) is 73.1 cm³/mol. The molecule has 0 spiro atoms. The number of rotatable bonds is 2. The fourth-order valence-electron chi connectivity index (χ4n) is 2.93. The van der Waals surface area contributed by atoms with Crippen LogP contribution >= 0.6 is 15.9 Å². The molecule has 1 saturated heterocycles. The van der Waals surface area contributed by atoms with E-state index in [9.17, 15) is 9.59 Å². The van der Waals surface area contributed by atoms with Crippen molar-refractivity contribution in [1.29, 1.82) is 0 Å². The van der Waals surface area contributed by atoms with Gasteiger partial charge in [-0.15, -0.1) is 0 Å². The number of carbonyl (C=O) groups is 2. The molecule has 0 aromatic carbocycles. The number of fused-ring (bicyclic) bond motifs is 2. The van der Waals surface area contributed by atoms with E-state index in [4.69, 9.17) is 9.47 Å². The second-order valence-corrected chi connectivity index (χ2v) is 22.0. The van der Waals surface area contributed by atoms with Crippen molar-refractivity contribution in [2.75, 3.05) is 7.11 Å². The SMILES string of the molecule is COC(=O)[C@@H]1C[C@@H]2OC(=O)[C@@]1([Sn]([CH3])([CH3])[CH3])C=C2Br. The molecule has 3 rings (SSSR count).